The SMILES string of the molecule is OC(c1cnc(-c2ccccc2)[nH]1)c1ccccc1F. The summed E-state index contributed by atoms with van der Waals surface area (Å²) in [6.07, 6.45) is 0.473. The van der Waals surface area contributed by atoms with Gasteiger partial charge >= 0.3 is 0 Å². The highest BCUT2D eigenvalue weighted by molar-refractivity contribution is 5.55. The minimum atomic E-state index is -1.05. The fourth-order valence-electron chi connectivity index (χ4n) is 2.08. The van der Waals surface area contributed by atoms with Crippen LogP contribution in [-0.2, 0) is 0 Å². The van der Waals surface area contributed by atoms with Crippen molar-refractivity contribution in [2.24, 2.45) is 0 Å². The molecular weight excluding hydrogens is 255 g/mol. The van der Waals surface area contributed by atoms with Crippen molar-refractivity contribution in [2.75, 3.05) is 0 Å². The summed E-state index contributed by atoms with van der Waals surface area (Å²) in [4.78, 5) is 7.25. The number of benzene rings is 2. The van der Waals surface area contributed by atoms with Gasteiger partial charge in [-0.3, -0.25) is 0 Å². The zero-order valence-electron chi connectivity index (χ0n) is 10.6. The van der Waals surface area contributed by atoms with Crippen molar-refractivity contribution < 1.29 is 9.50 Å². The molecule has 0 saturated carbocycles. The van der Waals surface area contributed by atoms with Crippen molar-refractivity contribution in [1.82, 2.24) is 9.97 Å². The van der Waals surface area contributed by atoms with E-state index < -0.39 is 11.9 Å². The maximum atomic E-state index is 13.7. The molecular formula is C16H13FN2O. The van der Waals surface area contributed by atoms with Crippen LogP contribution in [0.25, 0.3) is 11.4 Å². The number of halogens is 1. The summed E-state index contributed by atoms with van der Waals surface area (Å²) in [5.74, 6) is 0.215. The Labute approximate surface area is 115 Å². The summed E-state index contributed by atoms with van der Waals surface area (Å²) in [7, 11) is 0. The van der Waals surface area contributed by atoms with E-state index in [2.05, 4.69) is 9.97 Å². The maximum Gasteiger partial charge on any atom is 0.137 e. The molecule has 0 radical (unpaired) electrons. The first-order valence-electron chi connectivity index (χ1n) is 6.28. The Kier molecular flexibility index (Phi) is 3.31. The third-order valence-electron chi connectivity index (χ3n) is 3.14. The van der Waals surface area contributed by atoms with Crippen LogP contribution in [0.3, 0.4) is 0 Å². The maximum absolute atomic E-state index is 13.7. The number of hydrogen-bond acceptors (Lipinski definition) is 2. The van der Waals surface area contributed by atoms with E-state index in [4.69, 9.17) is 0 Å². The molecule has 0 saturated heterocycles. The standard InChI is InChI=1S/C16H13FN2O/c17-13-9-5-4-8-12(13)15(20)14-10-18-16(19-14)11-6-2-1-3-7-11/h1-10,15,20H,(H,18,19). The lowest BCUT2D eigenvalue weighted by Gasteiger charge is -2.09. The quantitative estimate of drug-likeness (QED) is 0.765. The number of aliphatic hydroxyl groups excluding tert-OH is 1. The van der Waals surface area contributed by atoms with Gasteiger partial charge in [0.2, 0.25) is 0 Å². The molecule has 3 nitrogen and oxygen atoms in total. The summed E-state index contributed by atoms with van der Waals surface area (Å²) in [6.45, 7) is 0. The number of hydrogen-bond donors (Lipinski definition) is 2. The highest BCUT2D eigenvalue weighted by Gasteiger charge is 2.17. The lowest BCUT2D eigenvalue weighted by molar-refractivity contribution is 0.210. The third kappa shape index (κ3) is 2.33. The summed E-state index contributed by atoms with van der Waals surface area (Å²) in [5, 5.41) is 10.2. The zero-order valence-corrected chi connectivity index (χ0v) is 10.6. The average Bonchev–Trinajstić information content (AvgIpc) is 2.98. The van der Waals surface area contributed by atoms with Crippen LogP contribution in [0.1, 0.15) is 17.4 Å². The number of nitrogens with one attached hydrogen (secondary N) is 1. The number of nitrogens with zero attached hydrogens (tertiary/aromatic N) is 1. The molecule has 0 aliphatic rings. The van der Waals surface area contributed by atoms with Gasteiger partial charge in [0.1, 0.15) is 17.7 Å². The fraction of sp³-hybridized carbons (Fsp3) is 0.0625. The van der Waals surface area contributed by atoms with E-state index in [1.165, 1.54) is 12.3 Å². The monoisotopic (exact) mass is 268 g/mol. The van der Waals surface area contributed by atoms with Crippen LogP contribution in [0.4, 0.5) is 4.39 Å². The van der Waals surface area contributed by atoms with Crippen LogP contribution >= 0.6 is 0 Å². The zero-order chi connectivity index (χ0) is 13.9. The molecule has 3 rings (SSSR count). The Bertz CT molecular complexity index is 709. The van der Waals surface area contributed by atoms with Crippen LogP contribution in [0.5, 0.6) is 0 Å². The molecule has 0 amide bonds. The molecule has 1 atom stereocenters. The van der Waals surface area contributed by atoms with E-state index in [0.29, 0.717) is 11.5 Å². The summed E-state index contributed by atoms with van der Waals surface area (Å²) < 4.78 is 13.7. The number of imidazole rings is 1. The molecule has 0 spiro atoms. The largest absolute Gasteiger partial charge is 0.382 e. The van der Waals surface area contributed by atoms with E-state index in [9.17, 15) is 9.50 Å². The van der Waals surface area contributed by atoms with Crippen molar-refractivity contribution in [3.8, 4) is 11.4 Å². The van der Waals surface area contributed by atoms with Crippen molar-refractivity contribution in [2.45, 2.75) is 6.10 Å². The van der Waals surface area contributed by atoms with E-state index in [-0.39, 0.29) is 5.56 Å². The first-order chi connectivity index (χ1) is 9.75. The van der Waals surface area contributed by atoms with Gasteiger partial charge in [0.05, 0.1) is 11.9 Å². The molecule has 1 aromatic heterocycles. The minimum absolute atomic E-state index is 0.232. The lowest BCUT2D eigenvalue weighted by atomic mass is 10.1. The second-order valence-electron chi connectivity index (χ2n) is 4.48. The van der Waals surface area contributed by atoms with E-state index in [0.717, 1.165) is 5.56 Å². The van der Waals surface area contributed by atoms with Gasteiger partial charge in [-0.1, -0.05) is 48.5 Å². The smallest absolute Gasteiger partial charge is 0.137 e. The summed E-state index contributed by atoms with van der Waals surface area (Å²) in [5.41, 5.74) is 1.61. The van der Waals surface area contributed by atoms with Gasteiger partial charge in [-0.15, -0.1) is 0 Å². The molecule has 1 unspecified atom stereocenters. The van der Waals surface area contributed by atoms with Crippen LogP contribution in [-0.4, -0.2) is 15.1 Å². The first kappa shape index (κ1) is 12.6. The van der Waals surface area contributed by atoms with Crippen LogP contribution in [0.2, 0.25) is 0 Å². The van der Waals surface area contributed by atoms with E-state index >= 15 is 0 Å². The van der Waals surface area contributed by atoms with Crippen LogP contribution in [0.15, 0.2) is 60.8 Å². The van der Waals surface area contributed by atoms with Gasteiger partial charge in [0.15, 0.2) is 0 Å². The Balaban J connectivity index is 1.93. The Morgan fingerprint density at radius 1 is 1.00 bits per heavy atom. The molecule has 3 aromatic rings. The van der Waals surface area contributed by atoms with Gasteiger partial charge in [0.25, 0.3) is 0 Å². The van der Waals surface area contributed by atoms with Gasteiger partial charge in [-0.2, -0.15) is 0 Å². The van der Waals surface area contributed by atoms with Gasteiger partial charge in [-0.05, 0) is 6.07 Å². The number of H-pyrrole nitrogens is 1. The third-order valence-corrected chi connectivity index (χ3v) is 3.14. The van der Waals surface area contributed by atoms with Crippen molar-refractivity contribution in [3.63, 3.8) is 0 Å². The molecule has 20 heavy (non-hydrogen) atoms. The Morgan fingerprint density at radius 3 is 2.45 bits per heavy atom. The van der Waals surface area contributed by atoms with Crippen LogP contribution < -0.4 is 0 Å². The fourth-order valence-corrected chi connectivity index (χ4v) is 2.08. The molecule has 0 bridgehead atoms. The van der Waals surface area contributed by atoms with E-state index in [1.807, 2.05) is 30.3 Å². The molecule has 0 aliphatic heterocycles. The highest BCUT2D eigenvalue weighted by Crippen LogP contribution is 2.25. The molecule has 2 N–H and O–H groups in total. The number of aromatic amines is 1. The number of aliphatic hydroxyl groups is 1. The van der Waals surface area contributed by atoms with Crippen molar-refractivity contribution >= 4 is 0 Å². The van der Waals surface area contributed by atoms with Gasteiger partial charge in [-0.25, -0.2) is 9.37 Å². The summed E-state index contributed by atoms with van der Waals surface area (Å²) >= 11 is 0. The van der Waals surface area contributed by atoms with Crippen LogP contribution in [0, 0.1) is 5.82 Å². The lowest BCUT2D eigenvalue weighted by Crippen LogP contribution is -2.02. The first-order valence-corrected chi connectivity index (χ1v) is 6.28. The highest BCUT2D eigenvalue weighted by atomic mass is 19.1. The summed E-state index contributed by atoms with van der Waals surface area (Å²) in [6, 6.07) is 15.7. The predicted octanol–water partition coefficient (Wildman–Crippen LogP) is 3.30. The second kappa shape index (κ2) is 5.27. The average molecular weight is 268 g/mol. The number of rotatable bonds is 3. The van der Waals surface area contributed by atoms with Crippen molar-refractivity contribution in [1.29, 1.82) is 0 Å². The van der Waals surface area contributed by atoms with Gasteiger partial charge in [0, 0.05) is 11.1 Å². The Morgan fingerprint density at radius 2 is 1.70 bits per heavy atom. The minimum Gasteiger partial charge on any atom is -0.382 e. The number of aromatic nitrogens is 2. The molecule has 1 heterocycles. The molecule has 100 valence electrons. The van der Waals surface area contributed by atoms with Gasteiger partial charge < -0.3 is 10.1 Å². The van der Waals surface area contributed by atoms with Crippen molar-refractivity contribution in [3.05, 3.63) is 77.9 Å². The molecule has 4 heteroatoms. The molecule has 0 aliphatic carbocycles. The normalized spacial score (nSPS) is 12.3. The molecule has 0 fully saturated rings. The topological polar surface area (TPSA) is 48.9 Å². The second-order valence-corrected chi connectivity index (χ2v) is 4.48. The Hall–Kier alpha value is -2.46. The predicted molar refractivity (Wildman–Crippen MR) is 74.5 cm³/mol. The molecule has 2 aromatic carbocycles. The van der Waals surface area contributed by atoms with E-state index in [1.54, 1.807) is 18.2 Å².